The van der Waals surface area contributed by atoms with Gasteiger partial charge >= 0.3 is 0 Å². The number of hydrogen-bond donors (Lipinski definition) is 2. The Hall–Kier alpha value is -5.03. The molecule has 3 heterocycles. The first-order chi connectivity index (χ1) is 20.9. The van der Waals surface area contributed by atoms with Crippen LogP contribution in [0.1, 0.15) is 51.4 Å². The minimum atomic E-state index is -3.73. The van der Waals surface area contributed by atoms with Gasteiger partial charge in [-0.2, -0.15) is 0 Å². The van der Waals surface area contributed by atoms with Crippen LogP contribution in [-0.2, 0) is 10.0 Å². The number of hydrogen-bond acceptors (Lipinski definition) is 7. The largest absolute Gasteiger partial charge is 0.455 e. The van der Waals surface area contributed by atoms with Crippen molar-refractivity contribution in [1.29, 1.82) is 0 Å². The van der Waals surface area contributed by atoms with Crippen molar-refractivity contribution in [2.75, 3.05) is 22.9 Å². The molecule has 224 valence electrons. The summed E-state index contributed by atoms with van der Waals surface area (Å²) in [4.78, 5) is 31.0. The Bertz CT molecular complexity index is 2070. The molecular weight excluding hydrogens is 583 g/mol. The molecule has 1 atom stereocenters. The molecular formula is C33H29FN4O5S. The number of fused-ring (bicyclic) bond motifs is 2. The van der Waals surface area contributed by atoms with Crippen molar-refractivity contribution in [1.82, 2.24) is 10.3 Å². The van der Waals surface area contributed by atoms with Gasteiger partial charge in [0, 0.05) is 36.0 Å². The van der Waals surface area contributed by atoms with Crippen LogP contribution >= 0.6 is 0 Å². The van der Waals surface area contributed by atoms with Crippen LogP contribution in [0, 0.1) is 12.7 Å². The minimum absolute atomic E-state index is 0.135. The zero-order valence-corrected chi connectivity index (χ0v) is 25.3. The van der Waals surface area contributed by atoms with Crippen LogP contribution < -0.4 is 14.9 Å². The highest BCUT2D eigenvalue weighted by molar-refractivity contribution is 7.92. The summed E-state index contributed by atoms with van der Waals surface area (Å²) in [7, 11) is -2.31. The summed E-state index contributed by atoms with van der Waals surface area (Å²) in [6, 6.07) is 20.0. The van der Waals surface area contributed by atoms with Crippen LogP contribution in [0.2, 0.25) is 0 Å². The van der Waals surface area contributed by atoms with Crippen molar-refractivity contribution in [2.24, 2.45) is 0 Å². The van der Waals surface area contributed by atoms with Crippen LogP contribution in [0.15, 0.2) is 77.2 Å². The number of nitrogens with one attached hydrogen (secondary N) is 2. The van der Waals surface area contributed by atoms with E-state index in [0.29, 0.717) is 44.7 Å². The number of pyridine rings is 1. The monoisotopic (exact) mass is 612 g/mol. The van der Waals surface area contributed by atoms with Gasteiger partial charge in [-0.1, -0.05) is 48.9 Å². The number of furan rings is 1. The summed E-state index contributed by atoms with van der Waals surface area (Å²) in [6.45, 7) is 3.73. The van der Waals surface area contributed by atoms with Crippen molar-refractivity contribution in [3.8, 4) is 22.6 Å². The van der Waals surface area contributed by atoms with Gasteiger partial charge < -0.3 is 15.1 Å². The maximum atomic E-state index is 13.9. The lowest BCUT2D eigenvalue weighted by Gasteiger charge is -2.28. The first kappa shape index (κ1) is 29.1. The molecule has 9 nitrogen and oxygen atoms in total. The molecule has 0 aliphatic carbocycles. The lowest BCUT2D eigenvalue weighted by Crippen LogP contribution is -2.39. The van der Waals surface area contributed by atoms with Crippen LogP contribution in [0.25, 0.3) is 33.6 Å². The van der Waals surface area contributed by atoms with E-state index in [0.717, 1.165) is 16.1 Å². The summed E-state index contributed by atoms with van der Waals surface area (Å²) >= 11 is 0. The molecule has 44 heavy (non-hydrogen) atoms. The highest BCUT2D eigenvalue weighted by Crippen LogP contribution is 2.42. The molecule has 0 saturated heterocycles. The highest BCUT2D eigenvalue weighted by Gasteiger charge is 2.29. The Labute approximate surface area is 253 Å². The molecule has 0 saturated carbocycles. The molecule has 11 heteroatoms. The molecule has 0 bridgehead atoms. The Kier molecular flexibility index (Phi) is 7.21. The van der Waals surface area contributed by atoms with Crippen molar-refractivity contribution in [2.45, 2.75) is 26.4 Å². The van der Waals surface area contributed by atoms with E-state index in [1.165, 1.54) is 19.2 Å². The first-order valence-electron chi connectivity index (χ1n) is 13.9. The van der Waals surface area contributed by atoms with Crippen LogP contribution in [-0.4, -0.2) is 38.4 Å². The maximum Gasteiger partial charge on any atom is 0.256 e. The van der Waals surface area contributed by atoms with Gasteiger partial charge in [-0.05, 0) is 42.8 Å². The Morgan fingerprint density at radius 1 is 1.02 bits per heavy atom. The number of halogens is 1. The van der Waals surface area contributed by atoms with Crippen molar-refractivity contribution >= 4 is 44.2 Å². The average molecular weight is 613 g/mol. The van der Waals surface area contributed by atoms with Crippen molar-refractivity contribution < 1.29 is 26.8 Å². The predicted octanol–water partition coefficient (Wildman–Crippen LogP) is 6.45. The number of nitrogens with zero attached hydrogens (tertiary/aromatic N) is 2. The number of Topliss-reactive ketones (excluding diaryl/α,β-unsaturated/α-hetero) is 1. The van der Waals surface area contributed by atoms with E-state index in [9.17, 15) is 22.4 Å². The summed E-state index contributed by atoms with van der Waals surface area (Å²) in [5.41, 5.74) is 4.30. The normalized spacial score (nSPS) is 14.6. The topological polar surface area (TPSA) is 122 Å². The van der Waals surface area contributed by atoms with Crippen molar-refractivity contribution in [3.05, 3.63) is 101 Å². The lowest BCUT2D eigenvalue weighted by atomic mass is 9.97. The Morgan fingerprint density at radius 2 is 1.77 bits per heavy atom. The van der Waals surface area contributed by atoms with Crippen LogP contribution in [0.4, 0.5) is 15.9 Å². The number of aromatic nitrogens is 1. The second kappa shape index (κ2) is 10.9. The Morgan fingerprint density at radius 3 is 2.45 bits per heavy atom. The van der Waals surface area contributed by atoms with Gasteiger partial charge in [0.25, 0.3) is 5.91 Å². The molecule has 3 aromatic carbocycles. The third-order valence-corrected chi connectivity index (χ3v) is 8.90. The van der Waals surface area contributed by atoms with E-state index in [-0.39, 0.29) is 29.3 Å². The van der Waals surface area contributed by atoms with E-state index >= 15 is 0 Å². The molecule has 1 aliphatic rings. The van der Waals surface area contributed by atoms with E-state index in [1.54, 1.807) is 43.3 Å². The minimum Gasteiger partial charge on any atom is -0.455 e. The number of benzene rings is 3. The second-order valence-corrected chi connectivity index (χ2v) is 12.8. The SMILES string of the molecule is CCC(=O)c1c(-c2ccc(C)cc2)oc2cc(N(C)S(C)(=O)=O)c(-c3ccc4c(n3)NC(c3cccc(F)c3)NC4=O)cc12. The Balaban J connectivity index is 1.56. The fourth-order valence-corrected chi connectivity index (χ4v) is 5.78. The van der Waals surface area contributed by atoms with Gasteiger partial charge in [0.05, 0.1) is 28.8 Å². The first-order valence-corrected chi connectivity index (χ1v) is 15.8. The molecule has 0 spiro atoms. The summed E-state index contributed by atoms with van der Waals surface area (Å²) in [5.74, 6) is -0.346. The molecule has 1 unspecified atom stereocenters. The standard InChI is InChI=1S/C33H29FN4O5S/c1-5-27(39)29-24-16-23(25-14-13-22-32(35-25)36-31(37-33(22)40)20-7-6-8-21(34)15-20)26(38(3)44(4,41)42)17-28(24)43-30(29)19-11-9-18(2)10-12-19/h6-17,31H,5H2,1-4H3,(H,35,36)(H,37,40). The molecule has 0 radical (unpaired) electrons. The van der Waals surface area contributed by atoms with Gasteiger partial charge in [0.15, 0.2) is 5.78 Å². The smallest absolute Gasteiger partial charge is 0.256 e. The molecule has 5 aromatic rings. The number of sulfonamides is 1. The lowest BCUT2D eigenvalue weighted by molar-refractivity contribution is 0.0933. The van der Waals surface area contributed by atoms with E-state index < -0.39 is 27.9 Å². The molecule has 0 fully saturated rings. The maximum absolute atomic E-state index is 13.9. The van der Waals surface area contributed by atoms with E-state index in [2.05, 4.69) is 10.6 Å². The number of carbonyl (C=O) groups is 2. The van der Waals surface area contributed by atoms with Gasteiger partial charge in [0.1, 0.15) is 29.1 Å². The number of carbonyl (C=O) groups excluding carboxylic acids is 2. The number of ketones is 1. The molecule has 1 amide bonds. The molecule has 1 aliphatic heterocycles. The molecule has 6 rings (SSSR count). The molecule has 2 N–H and O–H groups in total. The molecule has 2 aromatic heterocycles. The number of anilines is 2. The quantitative estimate of drug-likeness (QED) is 0.203. The van der Waals surface area contributed by atoms with Crippen LogP contribution in [0.3, 0.4) is 0 Å². The van der Waals surface area contributed by atoms with E-state index in [1.807, 2.05) is 31.2 Å². The second-order valence-electron chi connectivity index (χ2n) is 10.7. The van der Waals surface area contributed by atoms with E-state index in [4.69, 9.17) is 9.40 Å². The third-order valence-electron chi connectivity index (χ3n) is 7.71. The predicted molar refractivity (Wildman–Crippen MR) is 168 cm³/mol. The van der Waals surface area contributed by atoms with Crippen LogP contribution in [0.5, 0.6) is 0 Å². The van der Waals surface area contributed by atoms with Gasteiger partial charge in [-0.25, -0.2) is 17.8 Å². The number of aryl methyl sites for hydroxylation is 1. The zero-order chi connectivity index (χ0) is 31.3. The van der Waals surface area contributed by atoms with Crippen molar-refractivity contribution in [3.63, 3.8) is 0 Å². The summed E-state index contributed by atoms with van der Waals surface area (Å²) in [6.07, 6.45) is 0.572. The fraction of sp³-hybridized carbons (Fsp3) is 0.182. The van der Waals surface area contributed by atoms with Gasteiger partial charge in [0.2, 0.25) is 10.0 Å². The number of amides is 1. The van der Waals surface area contributed by atoms with Gasteiger partial charge in [-0.3, -0.25) is 13.9 Å². The fourth-order valence-electron chi connectivity index (χ4n) is 5.28. The summed E-state index contributed by atoms with van der Waals surface area (Å²) < 4.78 is 46.8. The third kappa shape index (κ3) is 5.19. The highest BCUT2D eigenvalue weighted by atomic mass is 32.2. The summed E-state index contributed by atoms with van der Waals surface area (Å²) in [5, 5.41) is 6.46. The average Bonchev–Trinajstić information content (AvgIpc) is 3.37. The van der Waals surface area contributed by atoms with Gasteiger partial charge in [-0.15, -0.1) is 0 Å². The number of rotatable bonds is 7. The zero-order valence-electron chi connectivity index (χ0n) is 24.4.